The zero-order valence-electron chi connectivity index (χ0n) is 13.6. The fourth-order valence-corrected chi connectivity index (χ4v) is 17.6. The van der Waals surface area contributed by atoms with E-state index in [4.69, 9.17) is 0 Å². The Morgan fingerprint density at radius 3 is 2.41 bits per heavy atom. The van der Waals surface area contributed by atoms with Crippen molar-refractivity contribution in [1.82, 2.24) is 0 Å². The van der Waals surface area contributed by atoms with Crippen LogP contribution in [0, 0.1) is 16.7 Å². The molecule has 1 aromatic carbocycles. The molecule has 2 aliphatic rings. The molecule has 124 valence electrons. The van der Waals surface area contributed by atoms with Crippen LogP contribution < -0.4 is 0 Å². The van der Waals surface area contributed by atoms with E-state index < -0.39 is 16.0 Å². The number of halogens is 2. The van der Waals surface area contributed by atoms with Gasteiger partial charge in [-0.15, -0.1) is 0 Å². The zero-order valence-corrected chi connectivity index (χ0v) is 19.1. The molecule has 0 amide bonds. The number of hydrogen-bond donors (Lipinski definition) is 1. The monoisotopic (exact) mass is 546 g/mol. The Labute approximate surface area is 153 Å². The summed E-state index contributed by atoms with van der Waals surface area (Å²) >= 11 is 5.52. The maximum atomic E-state index is 10.8. The molecule has 2 bridgehead atoms. The van der Waals surface area contributed by atoms with Crippen molar-refractivity contribution >= 4 is 44.7 Å². The van der Waals surface area contributed by atoms with Gasteiger partial charge in [-0.05, 0) is 0 Å². The van der Waals surface area contributed by atoms with E-state index in [0.717, 1.165) is 16.8 Å². The quantitative estimate of drug-likeness (QED) is 0.482. The van der Waals surface area contributed by atoms with E-state index in [1.54, 1.807) is 0 Å². The zero-order chi connectivity index (χ0) is 16.2. The van der Waals surface area contributed by atoms with Crippen LogP contribution in [0.15, 0.2) is 28.7 Å². The fraction of sp³-hybridized carbons (Fsp3) is 0.667. The van der Waals surface area contributed by atoms with Gasteiger partial charge in [-0.3, -0.25) is 0 Å². The molecule has 4 heteroatoms. The van der Waals surface area contributed by atoms with Crippen LogP contribution in [0.5, 0.6) is 0 Å². The first kappa shape index (κ1) is 17.7. The van der Waals surface area contributed by atoms with Gasteiger partial charge in [0.05, 0.1) is 0 Å². The summed E-state index contributed by atoms with van der Waals surface area (Å²) in [5, 5.41) is 10.8. The van der Waals surface area contributed by atoms with Crippen molar-refractivity contribution in [2.45, 2.75) is 53.1 Å². The second kappa shape index (κ2) is 6.03. The first-order valence-electron chi connectivity index (χ1n) is 8.02. The number of benzene rings is 1. The van der Waals surface area contributed by atoms with Gasteiger partial charge in [0.2, 0.25) is 0 Å². The van der Waals surface area contributed by atoms with Gasteiger partial charge in [-0.25, -0.2) is 0 Å². The van der Waals surface area contributed by atoms with E-state index in [2.05, 4.69) is 71.8 Å². The third-order valence-electron chi connectivity index (χ3n) is 6.33. The molecule has 0 aromatic heterocycles. The van der Waals surface area contributed by atoms with Crippen LogP contribution in [0.4, 0.5) is 0 Å². The van der Waals surface area contributed by atoms with Crippen LogP contribution in [0.3, 0.4) is 0 Å². The number of fused-ring (bicyclic) bond motifs is 2. The van der Waals surface area contributed by atoms with Crippen molar-refractivity contribution in [3.8, 4) is 0 Å². The van der Waals surface area contributed by atoms with Crippen LogP contribution >= 0.6 is 28.7 Å². The van der Waals surface area contributed by atoms with Crippen molar-refractivity contribution in [2.75, 3.05) is 0 Å². The van der Waals surface area contributed by atoms with Crippen LogP contribution in [0.25, 0.3) is 0 Å². The van der Waals surface area contributed by atoms with E-state index >= 15 is 0 Å². The predicted molar refractivity (Wildman–Crippen MR) is 103 cm³/mol. The number of aliphatic hydroxyl groups excluding tert-OH is 1. The summed E-state index contributed by atoms with van der Waals surface area (Å²) in [6, 6.07) is 8.75. The normalized spacial score (nSPS) is 37.0. The van der Waals surface area contributed by atoms with Crippen molar-refractivity contribution in [1.29, 1.82) is 0 Å². The van der Waals surface area contributed by atoms with Crippen LogP contribution in [-0.2, 0) is 4.47 Å². The standard InChI is InChI=1S/C18H26Br2OTe/c1-17(2)14-8-9-18(17,16(21)10-14)12-22(3,20)11-13-4-6-15(19)7-5-13/h4-7,14,16,21H,8-12H2,1-3H3. The first-order chi connectivity index (χ1) is 10.2. The number of hydrogen-bond acceptors (Lipinski definition) is 1. The minimum absolute atomic E-state index is 0.0886. The molecule has 2 aliphatic carbocycles. The topological polar surface area (TPSA) is 20.2 Å². The van der Waals surface area contributed by atoms with Crippen molar-refractivity contribution < 1.29 is 5.11 Å². The molecular weight excluding hydrogens is 520 g/mol. The summed E-state index contributed by atoms with van der Waals surface area (Å²) in [7, 11) is 0. The molecule has 3 rings (SSSR count). The Morgan fingerprint density at radius 1 is 1.27 bits per heavy atom. The van der Waals surface area contributed by atoms with Crippen LogP contribution in [-0.4, -0.2) is 27.2 Å². The second-order valence-electron chi connectivity index (χ2n) is 7.93. The molecular formula is C18H26Br2OTe. The summed E-state index contributed by atoms with van der Waals surface area (Å²) in [5.74, 6) is 0.723. The van der Waals surface area contributed by atoms with Gasteiger partial charge < -0.3 is 0 Å². The molecule has 1 nitrogen and oxygen atoms in total. The van der Waals surface area contributed by atoms with Crippen molar-refractivity contribution in [3.05, 3.63) is 34.3 Å². The van der Waals surface area contributed by atoms with Gasteiger partial charge in [0.25, 0.3) is 0 Å². The Balaban J connectivity index is 1.80. The molecule has 4 unspecified atom stereocenters. The van der Waals surface area contributed by atoms with E-state index in [1.807, 2.05) is 0 Å². The maximum absolute atomic E-state index is 10.8. The van der Waals surface area contributed by atoms with Gasteiger partial charge in [-0.2, -0.15) is 0 Å². The first-order valence-corrected chi connectivity index (χ1v) is 19.7. The SMILES string of the molecule is CC1(C)C2CCC1(C[Te](C)(Br)Cc1ccc(Br)cc1)C(O)C2. The summed E-state index contributed by atoms with van der Waals surface area (Å²) in [6.07, 6.45) is 3.47. The van der Waals surface area contributed by atoms with Gasteiger partial charge in [-0.1, -0.05) is 0 Å². The summed E-state index contributed by atoms with van der Waals surface area (Å²) in [5.41, 5.74) is 1.89. The summed E-state index contributed by atoms with van der Waals surface area (Å²) in [4.78, 5) is 2.48. The minimum atomic E-state index is -2.18. The van der Waals surface area contributed by atoms with Gasteiger partial charge in [0.15, 0.2) is 0 Å². The van der Waals surface area contributed by atoms with Gasteiger partial charge in [0.1, 0.15) is 0 Å². The van der Waals surface area contributed by atoms with E-state index in [0.29, 0.717) is 5.41 Å². The fourth-order valence-electron chi connectivity index (χ4n) is 4.90. The van der Waals surface area contributed by atoms with Crippen LogP contribution in [0.2, 0.25) is 9.44 Å². The van der Waals surface area contributed by atoms with E-state index in [1.165, 1.54) is 27.3 Å². The van der Waals surface area contributed by atoms with E-state index in [9.17, 15) is 5.11 Å². The Bertz CT molecular complexity index is 555. The molecule has 2 saturated carbocycles. The molecule has 22 heavy (non-hydrogen) atoms. The molecule has 0 aliphatic heterocycles. The molecule has 0 spiro atoms. The Morgan fingerprint density at radius 2 is 1.91 bits per heavy atom. The molecule has 4 atom stereocenters. The van der Waals surface area contributed by atoms with Gasteiger partial charge >= 0.3 is 154 Å². The predicted octanol–water partition coefficient (Wildman–Crippen LogP) is 5.69. The summed E-state index contributed by atoms with van der Waals surface area (Å²) < 4.78 is 3.56. The average molecular weight is 546 g/mol. The van der Waals surface area contributed by atoms with Crippen molar-refractivity contribution in [2.24, 2.45) is 16.7 Å². The van der Waals surface area contributed by atoms with Crippen molar-refractivity contribution in [3.63, 3.8) is 0 Å². The molecule has 1 N–H and O–H groups in total. The summed E-state index contributed by atoms with van der Waals surface area (Å²) in [6.45, 7) is 4.82. The number of aliphatic hydroxyl groups is 1. The Hall–Kier alpha value is 0.930. The molecule has 0 saturated heterocycles. The molecule has 0 heterocycles. The number of rotatable bonds is 4. The average Bonchev–Trinajstić information content (AvgIpc) is 2.74. The third-order valence-corrected chi connectivity index (χ3v) is 15.8. The molecule has 0 radical (unpaired) electrons. The molecule has 2 fully saturated rings. The second-order valence-corrected chi connectivity index (χ2v) is 27.6. The van der Waals surface area contributed by atoms with Gasteiger partial charge in [0, 0.05) is 0 Å². The van der Waals surface area contributed by atoms with E-state index in [-0.39, 0.29) is 11.5 Å². The third kappa shape index (κ3) is 2.97. The molecule has 1 aromatic rings. The Kier molecular flexibility index (Phi) is 4.86. The van der Waals surface area contributed by atoms with Crippen LogP contribution in [0.1, 0.15) is 38.7 Å².